The summed E-state index contributed by atoms with van der Waals surface area (Å²) in [4.78, 5) is 19.4. The van der Waals surface area contributed by atoms with Crippen molar-refractivity contribution in [3.8, 4) is 5.75 Å². The second-order valence-corrected chi connectivity index (χ2v) is 10.4. The van der Waals surface area contributed by atoms with Crippen LogP contribution in [0.1, 0.15) is 58.2 Å². The molecule has 0 atom stereocenters. The number of benzene rings is 1. The molecule has 2 aliphatic heterocycles. The monoisotopic (exact) mass is 402 g/mol. The molecule has 152 valence electrons. The molecule has 1 fully saturated rings. The molecule has 1 aromatic carbocycles. The summed E-state index contributed by atoms with van der Waals surface area (Å²) in [5, 5.41) is 11.6. The summed E-state index contributed by atoms with van der Waals surface area (Å²) in [6.45, 7) is 15.3. The van der Waals surface area contributed by atoms with E-state index in [9.17, 15) is 9.90 Å². The molecular formula is C22H30N2O3S. The summed E-state index contributed by atoms with van der Waals surface area (Å²) < 4.78 is 5.38. The second kappa shape index (κ2) is 7.56. The highest BCUT2D eigenvalue weighted by Gasteiger charge is 2.29. The van der Waals surface area contributed by atoms with Crippen molar-refractivity contribution in [1.82, 2.24) is 4.90 Å². The number of aromatic hydroxyl groups is 1. The van der Waals surface area contributed by atoms with Crippen LogP contribution in [0.3, 0.4) is 0 Å². The van der Waals surface area contributed by atoms with Crippen LogP contribution in [0.5, 0.6) is 5.75 Å². The van der Waals surface area contributed by atoms with Gasteiger partial charge < -0.3 is 14.7 Å². The van der Waals surface area contributed by atoms with Crippen LogP contribution in [-0.2, 0) is 20.4 Å². The maximum absolute atomic E-state index is 12.5. The van der Waals surface area contributed by atoms with Crippen molar-refractivity contribution in [3.63, 3.8) is 0 Å². The lowest BCUT2D eigenvalue weighted by molar-refractivity contribution is -0.113. The van der Waals surface area contributed by atoms with Crippen LogP contribution in [-0.4, -0.2) is 47.4 Å². The van der Waals surface area contributed by atoms with Gasteiger partial charge in [-0.05, 0) is 46.4 Å². The molecule has 0 spiro atoms. The molecule has 0 radical (unpaired) electrons. The Kier molecular flexibility index (Phi) is 5.65. The largest absolute Gasteiger partial charge is 0.507 e. The molecule has 5 nitrogen and oxygen atoms in total. The number of aliphatic imine (C=N–C) groups is 1. The number of phenolic OH excluding ortho intramolecular Hbond substituents is 1. The molecule has 3 rings (SSSR count). The zero-order valence-corrected chi connectivity index (χ0v) is 18.4. The Morgan fingerprint density at radius 3 is 2.11 bits per heavy atom. The van der Waals surface area contributed by atoms with Crippen LogP contribution in [0.25, 0.3) is 6.08 Å². The van der Waals surface area contributed by atoms with Gasteiger partial charge >= 0.3 is 0 Å². The highest BCUT2D eigenvalue weighted by molar-refractivity contribution is 8.18. The molecule has 6 heteroatoms. The lowest BCUT2D eigenvalue weighted by atomic mass is 9.78. The fourth-order valence-corrected chi connectivity index (χ4v) is 4.29. The third-order valence-corrected chi connectivity index (χ3v) is 5.98. The van der Waals surface area contributed by atoms with Crippen LogP contribution in [0, 0.1) is 0 Å². The number of hydrogen-bond acceptors (Lipinski definition) is 5. The average molecular weight is 403 g/mol. The molecule has 0 saturated carbocycles. The van der Waals surface area contributed by atoms with Gasteiger partial charge in [0.05, 0.1) is 18.1 Å². The number of amides is 1. The molecule has 1 aromatic rings. The van der Waals surface area contributed by atoms with Crippen LogP contribution in [0.15, 0.2) is 22.0 Å². The Hall–Kier alpha value is -1.79. The minimum absolute atomic E-state index is 0.200. The number of ether oxygens (including phenoxy) is 1. The standard InChI is InChI=1S/C22H30N2O3S/c1-21(2,3)15-11-14(12-16(18(15)25)22(4,5)6)13-17-19(26)23-20(28-17)24-7-9-27-10-8-24/h11-13,25H,7-10H2,1-6H3/b17-13-. The van der Waals surface area contributed by atoms with E-state index in [1.807, 2.05) is 18.2 Å². The first-order valence-corrected chi connectivity index (χ1v) is 10.5. The van der Waals surface area contributed by atoms with Crippen molar-refractivity contribution in [2.24, 2.45) is 4.99 Å². The van der Waals surface area contributed by atoms with Gasteiger partial charge in [-0.25, -0.2) is 0 Å². The first-order valence-electron chi connectivity index (χ1n) is 9.70. The van der Waals surface area contributed by atoms with E-state index in [4.69, 9.17) is 4.74 Å². The number of amidine groups is 1. The average Bonchev–Trinajstić information content (AvgIpc) is 2.96. The van der Waals surface area contributed by atoms with Crippen LogP contribution < -0.4 is 0 Å². The summed E-state index contributed by atoms with van der Waals surface area (Å²) in [6.07, 6.45) is 1.90. The van der Waals surface area contributed by atoms with E-state index < -0.39 is 0 Å². The Labute approximate surface area is 171 Å². The van der Waals surface area contributed by atoms with Crippen molar-refractivity contribution >= 4 is 28.9 Å². The number of nitrogens with zero attached hydrogens (tertiary/aromatic N) is 2. The quantitative estimate of drug-likeness (QED) is 0.710. The highest BCUT2D eigenvalue weighted by atomic mass is 32.2. The second-order valence-electron chi connectivity index (χ2n) is 9.37. The molecule has 0 aliphatic carbocycles. The topological polar surface area (TPSA) is 62.1 Å². The Morgan fingerprint density at radius 2 is 1.61 bits per heavy atom. The summed E-state index contributed by atoms with van der Waals surface area (Å²) in [7, 11) is 0. The Morgan fingerprint density at radius 1 is 1.07 bits per heavy atom. The number of thioether (sulfide) groups is 1. The zero-order chi connectivity index (χ0) is 20.7. The molecular weight excluding hydrogens is 372 g/mol. The Bertz CT molecular complexity index is 803. The van der Waals surface area contributed by atoms with Crippen molar-refractivity contribution in [1.29, 1.82) is 0 Å². The summed E-state index contributed by atoms with van der Waals surface area (Å²) in [5.41, 5.74) is 2.27. The number of phenols is 1. The van der Waals surface area contributed by atoms with E-state index >= 15 is 0 Å². The third-order valence-electron chi connectivity index (χ3n) is 4.94. The normalized spacial score (nSPS) is 20.1. The van der Waals surface area contributed by atoms with Crippen LogP contribution in [0.2, 0.25) is 0 Å². The van der Waals surface area contributed by atoms with E-state index in [1.54, 1.807) is 0 Å². The van der Waals surface area contributed by atoms with Crippen molar-refractivity contribution in [2.45, 2.75) is 52.4 Å². The third kappa shape index (κ3) is 4.44. The lowest BCUT2D eigenvalue weighted by Crippen LogP contribution is -2.38. The van der Waals surface area contributed by atoms with Gasteiger partial charge in [0.25, 0.3) is 5.91 Å². The van der Waals surface area contributed by atoms with Gasteiger partial charge in [0.15, 0.2) is 5.17 Å². The van der Waals surface area contributed by atoms with Gasteiger partial charge in [-0.15, -0.1) is 0 Å². The SMILES string of the molecule is CC(C)(C)c1cc(/C=C2\SC(N3CCOCC3)=NC2=O)cc(C(C)(C)C)c1O. The number of carbonyl (C=O) groups excluding carboxylic acids is 1. The number of rotatable bonds is 1. The first kappa shape index (κ1) is 20.9. The molecule has 1 saturated heterocycles. The minimum Gasteiger partial charge on any atom is -0.507 e. The molecule has 0 unspecified atom stereocenters. The van der Waals surface area contributed by atoms with Gasteiger partial charge in [0, 0.05) is 24.2 Å². The number of morpholine rings is 1. The van der Waals surface area contributed by atoms with E-state index in [0.29, 0.717) is 23.9 Å². The Balaban J connectivity index is 1.97. The first-order chi connectivity index (χ1) is 13.0. The van der Waals surface area contributed by atoms with E-state index in [-0.39, 0.29) is 16.7 Å². The number of carbonyl (C=O) groups is 1. The number of hydrogen-bond donors (Lipinski definition) is 1. The molecule has 0 bridgehead atoms. The molecule has 28 heavy (non-hydrogen) atoms. The predicted molar refractivity (Wildman–Crippen MR) is 116 cm³/mol. The van der Waals surface area contributed by atoms with Gasteiger partial charge in [-0.2, -0.15) is 4.99 Å². The maximum atomic E-state index is 12.5. The van der Waals surface area contributed by atoms with Crippen molar-refractivity contribution < 1.29 is 14.6 Å². The fourth-order valence-electron chi connectivity index (χ4n) is 3.32. The zero-order valence-electron chi connectivity index (χ0n) is 17.6. The summed E-state index contributed by atoms with van der Waals surface area (Å²) >= 11 is 1.42. The van der Waals surface area contributed by atoms with Crippen LogP contribution >= 0.6 is 11.8 Å². The van der Waals surface area contributed by atoms with Gasteiger partial charge in [0.2, 0.25) is 0 Å². The molecule has 2 heterocycles. The van der Waals surface area contributed by atoms with Crippen molar-refractivity contribution in [2.75, 3.05) is 26.3 Å². The van der Waals surface area contributed by atoms with Gasteiger partial charge in [-0.3, -0.25) is 4.79 Å². The summed E-state index contributed by atoms with van der Waals surface area (Å²) in [5.74, 6) is 0.145. The highest BCUT2D eigenvalue weighted by Crippen LogP contribution is 2.41. The van der Waals surface area contributed by atoms with Crippen LogP contribution in [0.4, 0.5) is 0 Å². The van der Waals surface area contributed by atoms with E-state index in [0.717, 1.165) is 34.9 Å². The molecule has 1 amide bonds. The molecule has 2 aliphatic rings. The van der Waals surface area contributed by atoms with E-state index in [2.05, 4.69) is 51.4 Å². The minimum atomic E-state index is -0.207. The van der Waals surface area contributed by atoms with E-state index in [1.165, 1.54) is 11.8 Å². The maximum Gasteiger partial charge on any atom is 0.286 e. The molecule has 0 aromatic heterocycles. The fraction of sp³-hybridized carbons (Fsp3) is 0.545. The van der Waals surface area contributed by atoms with Gasteiger partial charge in [-0.1, -0.05) is 41.5 Å². The van der Waals surface area contributed by atoms with Crippen molar-refractivity contribution in [3.05, 3.63) is 33.7 Å². The van der Waals surface area contributed by atoms with Gasteiger partial charge in [0.1, 0.15) is 5.75 Å². The lowest BCUT2D eigenvalue weighted by Gasteiger charge is -2.28. The smallest absolute Gasteiger partial charge is 0.286 e. The molecule has 1 N–H and O–H groups in total. The summed E-state index contributed by atoms with van der Waals surface area (Å²) in [6, 6.07) is 3.97. The predicted octanol–water partition coefficient (Wildman–Crippen LogP) is 4.29.